The summed E-state index contributed by atoms with van der Waals surface area (Å²) in [5, 5.41) is 0.600. The van der Waals surface area contributed by atoms with E-state index in [4.69, 9.17) is 22.1 Å². The van der Waals surface area contributed by atoms with Crippen molar-refractivity contribution in [2.75, 3.05) is 5.73 Å². The van der Waals surface area contributed by atoms with E-state index in [1.807, 2.05) is 13.0 Å². The van der Waals surface area contributed by atoms with Crippen molar-refractivity contribution < 1.29 is 4.74 Å². The van der Waals surface area contributed by atoms with Gasteiger partial charge in [-0.2, -0.15) is 0 Å². The average molecular weight is 236 g/mol. The summed E-state index contributed by atoms with van der Waals surface area (Å²) in [6, 6.07) is 5.37. The van der Waals surface area contributed by atoms with Crippen molar-refractivity contribution in [1.82, 2.24) is 9.97 Å². The lowest BCUT2D eigenvalue weighted by molar-refractivity contribution is 0.460. The Balaban J connectivity index is 2.34. The zero-order chi connectivity index (χ0) is 11.5. The molecule has 2 rings (SSSR count). The van der Waals surface area contributed by atoms with Crippen LogP contribution in [0.5, 0.6) is 11.6 Å². The van der Waals surface area contributed by atoms with E-state index >= 15 is 0 Å². The third-order valence-electron chi connectivity index (χ3n) is 2.05. The normalized spacial score (nSPS) is 10.1. The van der Waals surface area contributed by atoms with Gasteiger partial charge in [0.15, 0.2) is 5.82 Å². The molecule has 1 heterocycles. The van der Waals surface area contributed by atoms with Crippen LogP contribution < -0.4 is 10.5 Å². The summed E-state index contributed by atoms with van der Waals surface area (Å²) in [7, 11) is 0. The zero-order valence-corrected chi connectivity index (χ0v) is 9.40. The number of aryl methyl sites for hydroxylation is 1. The van der Waals surface area contributed by atoms with Crippen LogP contribution >= 0.6 is 11.6 Å². The summed E-state index contributed by atoms with van der Waals surface area (Å²) in [6.07, 6.45) is 3.03. The van der Waals surface area contributed by atoms with Gasteiger partial charge in [0.2, 0.25) is 0 Å². The molecular formula is C11H10ClN3O. The molecule has 0 saturated carbocycles. The highest BCUT2D eigenvalue weighted by Crippen LogP contribution is 2.28. The van der Waals surface area contributed by atoms with Gasteiger partial charge in [-0.1, -0.05) is 17.7 Å². The number of nitrogens with two attached hydrogens (primary N) is 1. The van der Waals surface area contributed by atoms with E-state index < -0.39 is 0 Å². The molecule has 0 aliphatic heterocycles. The van der Waals surface area contributed by atoms with E-state index in [1.165, 1.54) is 12.4 Å². The van der Waals surface area contributed by atoms with Crippen LogP contribution in [0.25, 0.3) is 0 Å². The van der Waals surface area contributed by atoms with E-state index in [0.717, 1.165) is 5.56 Å². The molecule has 0 unspecified atom stereocenters. The predicted octanol–water partition coefficient (Wildman–Crippen LogP) is 2.81. The minimum absolute atomic E-state index is 0.252. The highest BCUT2D eigenvalue weighted by Gasteiger charge is 2.06. The van der Waals surface area contributed by atoms with Crippen LogP contribution in [0.4, 0.5) is 5.82 Å². The number of rotatable bonds is 2. The van der Waals surface area contributed by atoms with Crippen molar-refractivity contribution in [3.05, 3.63) is 41.2 Å². The quantitative estimate of drug-likeness (QED) is 0.870. The van der Waals surface area contributed by atoms with Gasteiger partial charge in [-0.15, -0.1) is 0 Å². The Bertz CT molecular complexity index is 516. The molecular weight excluding hydrogens is 226 g/mol. The Morgan fingerprint density at radius 2 is 2.00 bits per heavy atom. The van der Waals surface area contributed by atoms with E-state index in [-0.39, 0.29) is 11.7 Å². The number of nitrogens with zero attached hydrogens (tertiary/aromatic N) is 2. The van der Waals surface area contributed by atoms with Gasteiger partial charge in [0, 0.05) is 17.4 Å². The first-order valence-electron chi connectivity index (χ1n) is 4.67. The largest absolute Gasteiger partial charge is 0.436 e. The molecule has 0 spiro atoms. The van der Waals surface area contributed by atoms with Crippen LogP contribution in [0.2, 0.25) is 5.02 Å². The molecule has 0 fully saturated rings. The smallest absolute Gasteiger partial charge is 0.262 e. The van der Waals surface area contributed by atoms with Crippen molar-refractivity contribution in [2.45, 2.75) is 6.92 Å². The van der Waals surface area contributed by atoms with Crippen LogP contribution in [0, 0.1) is 6.92 Å². The van der Waals surface area contributed by atoms with Gasteiger partial charge in [-0.3, -0.25) is 0 Å². The number of benzene rings is 1. The first kappa shape index (κ1) is 10.7. The highest BCUT2D eigenvalue weighted by atomic mass is 35.5. The SMILES string of the molecule is Cc1ccc(Cl)cc1Oc1nccnc1N. The molecule has 1 aromatic carbocycles. The second-order valence-electron chi connectivity index (χ2n) is 3.26. The molecule has 0 aliphatic carbocycles. The molecule has 0 bridgehead atoms. The predicted molar refractivity (Wildman–Crippen MR) is 62.7 cm³/mol. The summed E-state index contributed by atoms with van der Waals surface area (Å²) in [5.41, 5.74) is 6.58. The van der Waals surface area contributed by atoms with Crippen molar-refractivity contribution in [3.8, 4) is 11.6 Å². The Kier molecular flexibility index (Phi) is 2.92. The lowest BCUT2D eigenvalue weighted by atomic mass is 10.2. The average Bonchev–Trinajstić information content (AvgIpc) is 2.27. The van der Waals surface area contributed by atoms with Gasteiger partial charge in [-0.25, -0.2) is 9.97 Å². The van der Waals surface area contributed by atoms with E-state index in [1.54, 1.807) is 12.1 Å². The summed E-state index contributed by atoms with van der Waals surface area (Å²) >= 11 is 5.88. The van der Waals surface area contributed by atoms with Gasteiger partial charge in [0.1, 0.15) is 5.75 Å². The molecule has 0 amide bonds. The molecule has 0 aliphatic rings. The Morgan fingerprint density at radius 1 is 1.25 bits per heavy atom. The Labute approximate surface area is 98.0 Å². The standard InChI is InChI=1S/C11H10ClN3O/c1-7-2-3-8(12)6-9(7)16-11-10(13)14-4-5-15-11/h2-6H,1H3,(H2,13,14). The fourth-order valence-corrected chi connectivity index (χ4v) is 1.36. The molecule has 0 radical (unpaired) electrons. The fraction of sp³-hybridized carbons (Fsp3) is 0.0909. The van der Waals surface area contributed by atoms with E-state index in [0.29, 0.717) is 10.8 Å². The summed E-state index contributed by atoms with van der Waals surface area (Å²) in [5.74, 6) is 1.16. The van der Waals surface area contributed by atoms with Gasteiger partial charge >= 0.3 is 0 Å². The molecule has 1 aromatic heterocycles. The molecule has 2 aromatic rings. The Morgan fingerprint density at radius 3 is 2.75 bits per heavy atom. The molecule has 82 valence electrons. The van der Waals surface area contributed by atoms with Crippen molar-refractivity contribution in [3.63, 3.8) is 0 Å². The molecule has 0 atom stereocenters. The van der Waals surface area contributed by atoms with Crippen LogP contribution in [-0.4, -0.2) is 9.97 Å². The van der Waals surface area contributed by atoms with Crippen LogP contribution in [0.15, 0.2) is 30.6 Å². The minimum atomic E-state index is 0.252. The van der Waals surface area contributed by atoms with Crippen LogP contribution in [0.3, 0.4) is 0 Å². The first-order valence-corrected chi connectivity index (χ1v) is 5.05. The number of aromatic nitrogens is 2. The van der Waals surface area contributed by atoms with Gasteiger partial charge in [0.05, 0.1) is 0 Å². The summed E-state index contributed by atoms with van der Waals surface area (Å²) in [4.78, 5) is 7.88. The molecule has 16 heavy (non-hydrogen) atoms. The van der Waals surface area contributed by atoms with E-state index in [2.05, 4.69) is 9.97 Å². The van der Waals surface area contributed by atoms with Crippen LogP contribution in [0.1, 0.15) is 5.56 Å². The second kappa shape index (κ2) is 4.37. The third kappa shape index (κ3) is 2.23. The van der Waals surface area contributed by atoms with Gasteiger partial charge in [0.25, 0.3) is 5.88 Å². The second-order valence-corrected chi connectivity index (χ2v) is 3.70. The zero-order valence-electron chi connectivity index (χ0n) is 8.64. The number of ether oxygens (including phenoxy) is 1. The molecule has 2 N–H and O–H groups in total. The van der Waals surface area contributed by atoms with Crippen molar-refractivity contribution in [2.24, 2.45) is 0 Å². The van der Waals surface area contributed by atoms with Crippen molar-refractivity contribution >= 4 is 17.4 Å². The van der Waals surface area contributed by atoms with Gasteiger partial charge in [-0.05, 0) is 24.6 Å². The number of halogens is 1. The lowest BCUT2D eigenvalue weighted by Gasteiger charge is -2.08. The number of nitrogen functional groups attached to an aromatic ring is 1. The molecule has 5 heteroatoms. The maximum Gasteiger partial charge on any atom is 0.262 e. The van der Waals surface area contributed by atoms with Crippen molar-refractivity contribution in [1.29, 1.82) is 0 Å². The minimum Gasteiger partial charge on any atom is -0.436 e. The molecule has 4 nitrogen and oxygen atoms in total. The first-order chi connectivity index (χ1) is 7.66. The molecule has 0 saturated heterocycles. The summed E-state index contributed by atoms with van der Waals surface area (Å²) in [6.45, 7) is 1.91. The number of anilines is 1. The maximum atomic E-state index is 5.88. The number of hydrogen-bond donors (Lipinski definition) is 1. The monoisotopic (exact) mass is 235 g/mol. The topological polar surface area (TPSA) is 61.0 Å². The highest BCUT2D eigenvalue weighted by molar-refractivity contribution is 6.30. The fourth-order valence-electron chi connectivity index (χ4n) is 1.20. The maximum absolute atomic E-state index is 5.88. The number of hydrogen-bond acceptors (Lipinski definition) is 4. The van der Waals surface area contributed by atoms with E-state index in [9.17, 15) is 0 Å². The Hall–Kier alpha value is -1.81. The lowest BCUT2D eigenvalue weighted by Crippen LogP contribution is -1.97. The van der Waals surface area contributed by atoms with Gasteiger partial charge < -0.3 is 10.5 Å². The summed E-state index contributed by atoms with van der Waals surface area (Å²) < 4.78 is 5.54. The third-order valence-corrected chi connectivity index (χ3v) is 2.28. The van der Waals surface area contributed by atoms with Crippen LogP contribution in [-0.2, 0) is 0 Å².